The largest absolute Gasteiger partial charge is 0.395 e. The van der Waals surface area contributed by atoms with Crippen molar-refractivity contribution >= 4 is 23.2 Å². The van der Waals surface area contributed by atoms with Crippen LogP contribution in [0.3, 0.4) is 0 Å². The maximum atomic E-state index is 11.9. The van der Waals surface area contributed by atoms with E-state index in [1.54, 1.807) is 0 Å². The Labute approximate surface area is 122 Å². The molecule has 106 valence electrons. The predicted molar refractivity (Wildman–Crippen MR) is 76.9 cm³/mol. The van der Waals surface area contributed by atoms with Crippen molar-refractivity contribution in [3.05, 3.63) is 21.9 Å². The highest BCUT2D eigenvalue weighted by atomic mass is 32.1. The number of carbonyl (C=O) groups is 2. The van der Waals surface area contributed by atoms with Crippen molar-refractivity contribution in [1.82, 2.24) is 4.90 Å². The van der Waals surface area contributed by atoms with E-state index >= 15 is 0 Å². The zero-order valence-electron chi connectivity index (χ0n) is 11.2. The fraction of sp³-hybridized carbons (Fsp3) is 0.467. The monoisotopic (exact) mass is 291 g/mol. The molecule has 0 spiro atoms. The van der Waals surface area contributed by atoms with Crippen LogP contribution in [0.4, 0.5) is 0 Å². The van der Waals surface area contributed by atoms with Crippen LogP contribution in [0.2, 0.25) is 0 Å². The number of hydrogen-bond acceptors (Lipinski definition) is 4. The van der Waals surface area contributed by atoms with E-state index in [1.807, 2.05) is 11.4 Å². The normalized spacial score (nSPS) is 15.8. The second kappa shape index (κ2) is 7.22. The van der Waals surface area contributed by atoms with Gasteiger partial charge in [0.2, 0.25) is 11.8 Å². The first-order chi connectivity index (χ1) is 9.70. The molecule has 5 heteroatoms. The zero-order chi connectivity index (χ0) is 14.4. The number of imide groups is 1. The van der Waals surface area contributed by atoms with E-state index in [1.165, 1.54) is 16.2 Å². The lowest BCUT2D eigenvalue weighted by atomic mass is 10.2. The molecule has 20 heavy (non-hydrogen) atoms. The molecule has 1 aromatic rings. The van der Waals surface area contributed by atoms with Crippen molar-refractivity contribution in [3.8, 4) is 11.8 Å². The number of thiophene rings is 1. The molecule has 0 aromatic carbocycles. The van der Waals surface area contributed by atoms with Gasteiger partial charge >= 0.3 is 0 Å². The first kappa shape index (κ1) is 14.8. The highest BCUT2D eigenvalue weighted by molar-refractivity contribution is 7.10. The second-order valence-corrected chi connectivity index (χ2v) is 5.65. The molecule has 1 aliphatic heterocycles. The number of hydrogen-bond donors (Lipinski definition) is 1. The van der Waals surface area contributed by atoms with Gasteiger partial charge in [-0.1, -0.05) is 11.8 Å². The lowest BCUT2D eigenvalue weighted by Crippen LogP contribution is -2.34. The van der Waals surface area contributed by atoms with Crippen LogP contribution in [0.15, 0.2) is 11.4 Å². The molecule has 1 N–H and O–H groups in total. The summed E-state index contributed by atoms with van der Waals surface area (Å²) in [4.78, 5) is 26.1. The van der Waals surface area contributed by atoms with Gasteiger partial charge in [0.1, 0.15) is 0 Å². The third-order valence-electron chi connectivity index (χ3n) is 3.07. The molecule has 0 radical (unpaired) electrons. The summed E-state index contributed by atoms with van der Waals surface area (Å²) >= 11 is 1.50. The quantitative estimate of drug-likeness (QED) is 0.683. The Kier molecular flexibility index (Phi) is 5.33. The molecule has 0 saturated carbocycles. The van der Waals surface area contributed by atoms with E-state index in [0.29, 0.717) is 25.8 Å². The summed E-state index contributed by atoms with van der Waals surface area (Å²) in [6.07, 6.45) is 2.96. The minimum atomic E-state index is -0.0752. The van der Waals surface area contributed by atoms with E-state index in [4.69, 9.17) is 5.11 Å². The number of carbonyl (C=O) groups excluding carboxylic acids is 2. The molecule has 2 rings (SSSR count). The Morgan fingerprint density at radius 3 is 2.60 bits per heavy atom. The van der Waals surface area contributed by atoms with Crippen LogP contribution in [0.1, 0.15) is 42.5 Å². The van der Waals surface area contributed by atoms with Gasteiger partial charge in [-0.3, -0.25) is 14.5 Å². The predicted octanol–water partition coefficient (Wildman–Crippen LogP) is 1.91. The summed E-state index contributed by atoms with van der Waals surface area (Å²) in [5.74, 6) is 5.65. The van der Waals surface area contributed by atoms with Crippen LogP contribution in [-0.4, -0.2) is 28.4 Å². The lowest BCUT2D eigenvalue weighted by Gasteiger charge is -2.17. The Balaban J connectivity index is 2.04. The molecular formula is C15H17NO3S. The molecule has 1 aliphatic rings. The van der Waals surface area contributed by atoms with Crippen LogP contribution in [0.5, 0.6) is 0 Å². The summed E-state index contributed by atoms with van der Waals surface area (Å²) in [7, 11) is 0. The zero-order valence-corrected chi connectivity index (χ0v) is 12.0. The molecule has 0 atom stereocenters. The molecule has 0 aliphatic carbocycles. The number of amides is 2. The Morgan fingerprint density at radius 2 is 1.95 bits per heavy atom. The van der Waals surface area contributed by atoms with Gasteiger partial charge in [-0.05, 0) is 18.9 Å². The van der Waals surface area contributed by atoms with Gasteiger partial charge in [0.05, 0.1) is 13.2 Å². The fourth-order valence-corrected chi connectivity index (χ4v) is 2.85. The third-order valence-corrected chi connectivity index (χ3v) is 3.99. The Morgan fingerprint density at radius 1 is 1.25 bits per heavy atom. The molecule has 2 amide bonds. The topological polar surface area (TPSA) is 57.6 Å². The van der Waals surface area contributed by atoms with E-state index in [9.17, 15) is 9.59 Å². The number of nitrogens with zero attached hydrogens (tertiary/aromatic N) is 1. The van der Waals surface area contributed by atoms with Crippen molar-refractivity contribution in [2.75, 3.05) is 6.61 Å². The summed E-state index contributed by atoms with van der Waals surface area (Å²) in [6.45, 7) is 0.408. The van der Waals surface area contributed by atoms with Crippen molar-refractivity contribution in [2.45, 2.75) is 38.6 Å². The third kappa shape index (κ3) is 3.92. The van der Waals surface area contributed by atoms with E-state index in [-0.39, 0.29) is 18.4 Å². The second-order valence-electron chi connectivity index (χ2n) is 4.66. The molecule has 0 unspecified atom stereocenters. The van der Waals surface area contributed by atoms with Gasteiger partial charge in [0, 0.05) is 35.1 Å². The molecular weight excluding hydrogens is 274 g/mol. The van der Waals surface area contributed by atoms with E-state index in [0.717, 1.165) is 23.3 Å². The summed E-state index contributed by atoms with van der Waals surface area (Å²) in [5, 5.41) is 10.6. The van der Waals surface area contributed by atoms with Crippen molar-refractivity contribution < 1.29 is 14.7 Å². The lowest BCUT2D eigenvalue weighted by molar-refractivity contribution is -0.144. The molecule has 0 bridgehead atoms. The highest BCUT2D eigenvalue weighted by Gasteiger charge is 2.24. The number of rotatable bonds is 3. The minimum Gasteiger partial charge on any atom is -0.395 e. The van der Waals surface area contributed by atoms with Crippen molar-refractivity contribution in [3.63, 3.8) is 0 Å². The average Bonchev–Trinajstić information content (AvgIpc) is 2.82. The highest BCUT2D eigenvalue weighted by Crippen LogP contribution is 2.20. The first-order valence-corrected chi connectivity index (χ1v) is 7.59. The summed E-state index contributed by atoms with van der Waals surface area (Å²) < 4.78 is 0. The maximum absolute atomic E-state index is 11.9. The average molecular weight is 291 g/mol. The van der Waals surface area contributed by atoms with Gasteiger partial charge < -0.3 is 5.11 Å². The van der Waals surface area contributed by atoms with Gasteiger partial charge in [-0.15, -0.1) is 11.3 Å². The van der Waals surface area contributed by atoms with Gasteiger partial charge in [0.15, 0.2) is 0 Å². The van der Waals surface area contributed by atoms with Crippen LogP contribution in [0.25, 0.3) is 0 Å². The van der Waals surface area contributed by atoms with Gasteiger partial charge in [-0.25, -0.2) is 0 Å². The first-order valence-electron chi connectivity index (χ1n) is 6.71. The number of likely N-dealkylation sites (tertiary alicyclic amines) is 1. The van der Waals surface area contributed by atoms with Crippen LogP contribution >= 0.6 is 11.3 Å². The number of aliphatic hydroxyl groups excluding tert-OH is 1. The molecule has 2 heterocycles. The minimum absolute atomic E-state index is 0.0563. The summed E-state index contributed by atoms with van der Waals surface area (Å²) in [6, 6.07) is 1.90. The molecule has 1 fully saturated rings. The molecule has 1 aromatic heterocycles. The fourth-order valence-electron chi connectivity index (χ4n) is 2.04. The Bertz CT molecular complexity index is 535. The van der Waals surface area contributed by atoms with Crippen LogP contribution in [-0.2, 0) is 16.1 Å². The molecule has 1 saturated heterocycles. The van der Waals surface area contributed by atoms with Crippen molar-refractivity contribution in [2.24, 2.45) is 0 Å². The van der Waals surface area contributed by atoms with Gasteiger partial charge in [-0.2, -0.15) is 0 Å². The molecule has 4 nitrogen and oxygen atoms in total. The van der Waals surface area contributed by atoms with E-state index in [2.05, 4.69) is 11.8 Å². The van der Waals surface area contributed by atoms with Crippen molar-refractivity contribution in [1.29, 1.82) is 0 Å². The van der Waals surface area contributed by atoms with E-state index < -0.39 is 0 Å². The Hall–Kier alpha value is -1.64. The standard InChI is InChI=1S/C15H17NO3S/c17-8-4-3-5-12-9-13(20-11-12)10-16-14(18)6-1-2-7-15(16)19/h9,11,17H,1-2,4,6-8,10H2. The SMILES string of the molecule is O=C1CCCCC(=O)N1Cc1cc(C#CCCO)cs1. The smallest absolute Gasteiger partial charge is 0.229 e. The van der Waals surface area contributed by atoms with Crippen LogP contribution in [0, 0.1) is 11.8 Å². The van der Waals surface area contributed by atoms with Gasteiger partial charge in [0.25, 0.3) is 0 Å². The van der Waals surface area contributed by atoms with Crippen LogP contribution < -0.4 is 0 Å². The number of aliphatic hydroxyl groups is 1. The summed E-state index contributed by atoms with van der Waals surface area (Å²) in [5.41, 5.74) is 0.869. The maximum Gasteiger partial charge on any atom is 0.229 e.